The van der Waals surface area contributed by atoms with Crippen LogP contribution in [0.25, 0.3) is 10.9 Å². The standard InChI is InChI=1S/C8H6ClN3O2/c1-3-5-4(2-10-6(3)9)7(13)12-8(14)11-5/h2H,1H3,(H2,11,12,13,14)/i1D3. The molecule has 0 radical (unpaired) electrons. The molecule has 2 N–H and O–H groups in total. The molecular formula is C8H6ClN3O2. The van der Waals surface area contributed by atoms with Crippen molar-refractivity contribution >= 4 is 22.5 Å². The van der Waals surface area contributed by atoms with Crippen LogP contribution in [0, 0.1) is 6.85 Å². The molecule has 2 rings (SSSR count). The Morgan fingerprint density at radius 2 is 2.29 bits per heavy atom. The topological polar surface area (TPSA) is 78.6 Å². The highest BCUT2D eigenvalue weighted by Crippen LogP contribution is 2.17. The summed E-state index contributed by atoms with van der Waals surface area (Å²) in [4.78, 5) is 30.4. The van der Waals surface area contributed by atoms with Crippen LogP contribution in [0.15, 0.2) is 15.8 Å². The summed E-state index contributed by atoms with van der Waals surface area (Å²) in [5.41, 5.74) is -1.95. The first-order valence-electron chi connectivity index (χ1n) is 5.12. The van der Waals surface area contributed by atoms with E-state index in [2.05, 4.69) is 9.97 Å². The molecule has 6 heteroatoms. The summed E-state index contributed by atoms with van der Waals surface area (Å²) >= 11 is 5.69. The van der Waals surface area contributed by atoms with Crippen molar-refractivity contribution in [1.82, 2.24) is 15.0 Å². The lowest BCUT2D eigenvalue weighted by Crippen LogP contribution is -2.22. The molecule has 0 amide bonds. The quantitative estimate of drug-likeness (QED) is 0.630. The van der Waals surface area contributed by atoms with Gasteiger partial charge in [0.15, 0.2) is 0 Å². The van der Waals surface area contributed by atoms with Crippen molar-refractivity contribution in [2.75, 3.05) is 0 Å². The Balaban J connectivity index is 3.06. The number of aromatic amines is 2. The number of fused-ring (bicyclic) bond motifs is 1. The van der Waals surface area contributed by atoms with Crippen molar-refractivity contribution in [3.8, 4) is 0 Å². The summed E-state index contributed by atoms with van der Waals surface area (Å²) in [7, 11) is 0. The van der Waals surface area contributed by atoms with Gasteiger partial charge in [0.25, 0.3) is 5.56 Å². The molecule has 0 aliphatic heterocycles. The Morgan fingerprint density at radius 3 is 3.00 bits per heavy atom. The van der Waals surface area contributed by atoms with Crippen molar-refractivity contribution < 1.29 is 4.11 Å². The zero-order valence-electron chi connectivity index (χ0n) is 9.72. The van der Waals surface area contributed by atoms with Crippen LogP contribution in [-0.4, -0.2) is 15.0 Å². The van der Waals surface area contributed by atoms with E-state index in [1.165, 1.54) is 0 Å². The molecule has 0 fully saturated rings. The van der Waals surface area contributed by atoms with E-state index in [-0.39, 0.29) is 21.6 Å². The van der Waals surface area contributed by atoms with E-state index < -0.39 is 18.1 Å². The molecule has 0 aromatic carbocycles. The first-order valence-corrected chi connectivity index (χ1v) is 4.00. The van der Waals surface area contributed by atoms with Crippen molar-refractivity contribution in [3.05, 3.63) is 37.8 Å². The lowest BCUT2D eigenvalue weighted by atomic mass is 10.2. The number of aromatic nitrogens is 3. The van der Waals surface area contributed by atoms with Crippen LogP contribution in [0.2, 0.25) is 5.15 Å². The Morgan fingerprint density at radius 1 is 1.50 bits per heavy atom. The number of H-pyrrole nitrogens is 2. The Labute approximate surface area is 87.0 Å². The van der Waals surface area contributed by atoms with Gasteiger partial charge in [-0.05, 0) is 6.85 Å². The molecule has 72 valence electrons. The van der Waals surface area contributed by atoms with E-state index in [1.54, 1.807) is 0 Å². The summed E-state index contributed by atoms with van der Waals surface area (Å²) in [6.45, 7) is -2.57. The second-order valence-corrected chi connectivity index (χ2v) is 2.98. The minimum absolute atomic E-state index is 0.0277. The van der Waals surface area contributed by atoms with E-state index in [1.807, 2.05) is 4.98 Å². The normalized spacial score (nSPS) is 14.8. The van der Waals surface area contributed by atoms with Gasteiger partial charge in [0.05, 0.1) is 10.9 Å². The van der Waals surface area contributed by atoms with Crippen LogP contribution in [0.3, 0.4) is 0 Å². The van der Waals surface area contributed by atoms with Crippen LogP contribution < -0.4 is 11.2 Å². The van der Waals surface area contributed by atoms with Gasteiger partial charge in [0.2, 0.25) is 0 Å². The summed E-state index contributed by atoms with van der Waals surface area (Å²) < 4.78 is 21.9. The molecule has 2 aromatic rings. The number of halogens is 1. The minimum atomic E-state index is -2.57. The summed E-state index contributed by atoms with van der Waals surface area (Å²) in [6, 6.07) is 0. The predicted molar refractivity (Wildman–Crippen MR) is 52.7 cm³/mol. The maximum absolute atomic E-state index is 11.4. The van der Waals surface area contributed by atoms with Gasteiger partial charge in [-0.3, -0.25) is 9.78 Å². The molecule has 0 atom stereocenters. The molecule has 0 saturated carbocycles. The predicted octanol–water partition coefficient (Wildman–Crippen LogP) is 0.573. The number of hydrogen-bond acceptors (Lipinski definition) is 3. The van der Waals surface area contributed by atoms with Crippen LogP contribution in [0.1, 0.15) is 9.68 Å². The lowest BCUT2D eigenvalue weighted by Gasteiger charge is -2.00. The van der Waals surface area contributed by atoms with Gasteiger partial charge < -0.3 is 4.98 Å². The van der Waals surface area contributed by atoms with E-state index in [0.717, 1.165) is 6.20 Å². The van der Waals surface area contributed by atoms with Crippen molar-refractivity contribution in [3.63, 3.8) is 0 Å². The van der Waals surface area contributed by atoms with E-state index in [4.69, 9.17) is 15.7 Å². The fraction of sp³-hybridized carbons (Fsp3) is 0.125. The first kappa shape index (κ1) is 5.98. The van der Waals surface area contributed by atoms with Gasteiger partial charge in [-0.15, -0.1) is 0 Å². The average Bonchev–Trinajstić information content (AvgIpc) is 2.13. The molecular weight excluding hydrogens is 206 g/mol. The maximum atomic E-state index is 11.4. The van der Waals surface area contributed by atoms with Crippen LogP contribution in [0.5, 0.6) is 0 Å². The number of rotatable bonds is 0. The van der Waals surface area contributed by atoms with Gasteiger partial charge in [-0.2, -0.15) is 0 Å². The molecule has 2 aromatic heterocycles. The molecule has 5 nitrogen and oxygen atoms in total. The zero-order chi connectivity index (χ0) is 12.8. The van der Waals surface area contributed by atoms with Gasteiger partial charge in [-0.25, -0.2) is 9.78 Å². The number of nitrogens with one attached hydrogen (secondary N) is 2. The lowest BCUT2D eigenvalue weighted by molar-refractivity contribution is 1.07. The van der Waals surface area contributed by atoms with Gasteiger partial charge in [-0.1, -0.05) is 11.6 Å². The third-order valence-electron chi connectivity index (χ3n) is 1.74. The van der Waals surface area contributed by atoms with Gasteiger partial charge >= 0.3 is 5.69 Å². The smallest absolute Gasteiger partial charge is 0.306 e. The number of hydrogen-bond donors (Lipinski definition) is 2. The minimum Gasteiger partial charge on any atom is -0.306 e. The summed E-state index contributed by atoms with van der Waals surface area (Å²) in [5.74, 6) is 0. The SMILES string of the molecule is [2H]C([2H])([2H])c1c(Cl)ncc2c(=O)[nH]c(=O)[nH]c12. The molecule has 0 spiro atoms. The Hall–Kier alpha value is -1.62. The van der Waals surface area contributed by atoms with Crippen molar-refractivity contribution in [2.24, 2.45) is 0 Å². The maximum Gasteiger partial charge on any atom is 0.326 e. The second kappa shape index (κ2) is 2.95. The van der Waals surface area contributed by atoms with Gasteiger partial charge in [0.1, 0.15) is 5.15 Å². The Bertz CT molecular complexity index is 704. The second-order valence-electron chi connectivity index (χ2n) is 2.62. The number of pyridine rings is 1. The van der Waals surface area contributed by atoms with Crippen LogP contribution in [0.4, 0.5) is 0 Å². The molecule has 14 heavy (non-hydrogen) atoms. The average molecular weight is 215 g/mol. The summed E-state index contributed by atoms with van der Waals surface area (Å²) in [6.07, 6.45) is 1.11. The molecule has 0 aliphatic rings. The molecule has 0 bridgehead atoms. The highest BCUT2D eigenvalue weighted by atomic mass is 35.5. The summed E-state index contributed by atoms with van der Waals surface area (Å²) in [5, 5.41) is -0.293. The van der Waals surface area contributed by atoms with Gasteiger partial charge in [0, 0.05) is 15.9 Å². The number of nitrogens with zero attached hydrogens (tertiary/aromatic N) is 1. The Kier molecular flexibility index (Phi) is 1.26. The third kappa shape index (κ3) is 1.22. The van der Waals surface area contributed by atoms with E-state index >= 15 is 0 Å². The van der Waals surface area contributed by atoms with Crippen LogP contribution in [-0.2, 0) is 0 Å². The third-order valence-corrected chi connectivity index (χ3v) is 2.03. The molecule has 0 saturated heterocycles. The van der Waals surface area contributed by atoms with Crippen molar-refractivity contribution in [2.45, 2.75) is 6.85 Å². The molecule has 2 heterocycles. The van der Waals surface area contributed by atoms with Crippen LogP contribution >= 0.6 is 11.6 Å². The number of aryl methyl sites for hydroxylation is 1. The van der Waals surface area contributed by atoms with E-state index in [9.17, 15) is 9.59 Å². The van der Waals surface area contributed by atoms with E-state index in [0.29, 0.717) is 0 Å². The highest BCUT2D eigenvalue weighted by Gasteiger charge is 2.06. The highest BCUT2D eigenvalue weighted by molar-refractivity contribution is 6.30. The monoisotopic (exact) mass is 214 g/mol. The first-order chi connectivity index (χ1) is 7.80. The fourth-order valence-corrected chi connectivity index (χ4v) is 1.25. The largest absolute Gasteiger partial charge is 0.326 e. The molecule has 0 aliphatic carbocycles. The fourth-order valence-electron chi connectivity index (χ4n) is 1.11. The van der Waals surface area contributed by atoms with Crippen molar-refractivity contribution in [1.29, 1.82) is 0 Å². The zero-order valence-corrected chi connectivity index (χ0v) is 7.47. The molecule has 0 unspecified atom stereocenters.